The van der Waals surface area contributed by atoms with Gasteiger partial charge in [0.2, 0.25) is 0 Å². The number of rotatable bonds is 4. The first kappa shape index (κ1) is 12.1. The minimum absolute atomic E-state index is 0.0630. The largest absolute Gasteiger partial charge is 0.375 e. The molecule has 16 heavy (non-hydrogen) atoms. The highest BCUT2D eigenvalue weighted by molar-refractivity contribution is 7.07. The van der Waals surface area contributed by atoms with E-state index in [2.05, 4.69) is 16.8 Å². The molecule has 0 bridgehead atoms. The first-order valence-electron chi connectivity index (χ1n) is 6.16. The van der Waals surface area contributed by atoms with Crippen molar-refractivity contribution >= 4 is 11.3 Å². The summed E-state index contributed by atoms with van der Waals surface area (Å²) in [7, 11) is 0. The fraction of sp³-hybridized carbons (Fsp3) is 0.692. The summed E-state index contributed by atoms with van der Waals surface area (Å²) in [6.45, 7) is 1.42. The van der Waals surface area contributed by atoms with Gasteiger partial charge in [-0.2, -0.15) is 11.3 Å². The smallest absolute Gasteiger partial charge is 0.0725 e. The van der Waals surface area contributed by atoms with Gasteiger partial charge in [-0.3, -0.25) is 0 Å². The molecule has 0 aliphatic heterocycles. The lowest BCUT2D eigenvalue weighted by Crippen LogP contribution is -2.43. The predicted octanol–water partition coefficient (Wildman–Crippen LogP) is 3.32. The molecule has 0 unspecified atom stereocenters. The molecule has 1 heterocycles. The van der Waals surface area contributed by atoms with Gasteiger partial charge >= 0.3 is 0 Å². The molecule has 2 nitrogen and oxygen atoms in total. The summed E-state index contributed by atoms with van der Waals surface area (Å²) in [6, 6.07) is 2.11. The second-order valence-electron chi connectivity index (χ2n) is 4.90. The van der Waals surface area contributed by atoms with Gasteiger partial charge < -0.3 is 10.5 Å². The van der Waals surface area contributed by atoms with E-state index in [4.69, 9.17) is 10.5 Å². The molecular weight excluding hydrogens is 218 g/mol. The Hall–Kier alpha value is -0.380. The van der Waals surface area contributed by atoms with Crippen molar-refractivity contribution in [2.45, 2.75) is 50.7 Å². The van der Waals surface area contributed by atoms with Crippen LogP contribution in [0.25, 0.3) is 0 Å². The SMILES string of the molecule is NC1(COCc2ccsc2)CCCCCC1. The lowest BCUT2D eigenvalue weighted by molar-refractivity contribution is 0.0669. The van der Waals surface area contributed by atoms with Crippen LogP contribution < -0.4 is 5.73 Å². The van der Waals surface area contributed by atoms with Gasteiger partial charge in [-0.25, -0.2) is 0 Å². The summed E-state index contributed by atoms with van der Waals surface area (Å²) < 4.78 is 5.76. The summed E-state index contributed by atoms with van der Waals surface area (Å²) in [6.07, 6.45) is 7.44. The molecule has 1 aromatic rings. The second kappa shape index (κ2) is 5.80. The van der Waals surface area contributed by atoms with Gasteiger partial charge in [-0.15, -0.1) is 0 Å². The van der Waals surface area contributed by atoms with Crippen LogP contribution in [0.2, 0.25) is 0 Å². The molecule has 1 saturated carbocycles. The quantitative estimate of drug-likeness (QED) is 0.818. The van der Waals surface area contributed by atoms with Crippen LogP contribution in [0, 0.1) is 0 Å². The van der Waals surface area contributed by atoms with Gasteiger partial charge in [0.25, 0.3) is 0 Å². The summed E-state index contributed by atoms with van der Waals surface area (Å²) in [4.78, 5) is 0. The van der Waals surface area contributed by atoms with Crippen molar-refractivity contribution in [3.05, 3.63) is 22.4 Å². The van der Waals surface area contributed by atoms with Crippen molar-refractivity contribution in [2.24, 2.45) is 5.73 Å². The van der Waals surface area contributed by atoms with Crippen molar-refractivity contribution in [1.82, 2.24) is 0 Å². The van der Waals surface area contributed by atoms with Crippen molar-refractivity contribution in [2.75, 3.05) is 6.61 Å². The van der Waals surface area contributed by atoms with Crippen molar-refractivity contribution in [3.8, 4) is 0 Å². The molecule has 3 heteroatoms. The van der Waals surface area contributed by atoms with Crippen molar-refractivity contribution in [3.63, 3.8) is 0 Å². The third-order valence-electron chi connectivity index (χ3n) is 3.34. The molecule has 0 amide bonds. The minimum Gasteiger partial charge on any atom is -0.375 e. The summed E-state index contributed by atoms with van der Waals surface area (Å²) in [5.74, 6) is 0. The Kier molecular flexibility index (Phi) is 4.38. The Morgan fingerprint density at radius 2 is 2.00 bits per heavy atom. The molecule has 2 N–H and O–H groups in total. The van der Waals surface area contributed by atoms with E-state index >= 15 is 0 Å². The van der Waals surface area contributed by atoms with Gasteiger partial charge in [0.1, 0.15) is 0 Å². The highest BCUT2D eigenvalue weighted by Gasteiger charge is 2.26. The zero-order valence-corrected chi connectivity index (χ0v) is 10.6. The van der Waals surface area contributed by atoms with Crippen LogP contribution in [-0.4, -0.2) is 12.1 Å². The normalized spacial score (nSPS) is 20.6. The highest BCUT2D eigenvalue weighted by atomic mass is 32.1. The minimum atomic E-state index is -0.0630. The fourth-order valence-corrected chi connectivity index (χ4v) is 2.98. The number of thiophene rings is 1. The van der Waals surface area contributed by atoms with E-state index in [0.29, 0.717) is 13.2 Å². The molecular formula is C13H21NOS. The Labute approximate surface area is 102 Å². The van der Waals surface area contributed by atoms with Crippen LogP contribution in [0.15, 0.2) is 16.8 Å². The maximum atomic E-state index is 6.38. The van der Waals surface area contributed by atoms with E-state index in [1.807, 2.05) is 0 Å². The fourth-order valence-electron chi connectivity index (χ4n) is 2.32. The van der Waals surface area contributed by atoms with Gasteiger partial charge in [-0.1, -0.05) is 25.7 Å². The average Bonchev–Trinajstić information content (AvgIpc) is 2.68. The predicted molar refractivity (Wildman–Crippen MR) is 68.6 cm³/mol. The molecule has 1 aromatic heterocycles. The van der Waals surface area contributed by atoms with Crippen LogP contribution in [0.5, 0.6) is 0 Å². The molecule has 0 aromatic carbocycles. The van der Waals surface area contributed by atoms with Crippen LogP contribution in [0.1, 0.15) is 44.1 Å². The second-order valence-corrected chi connectivity index (χ2v) is 5.68. The third-order valence-corrected chi connectivity index (χ3v) is 4.07. The topological polar surface area (TPSA) is 35.2 Å². The maximum Gasteiger partial charge on any atom is 0.0725 e. The molecule has 0 atom stereocenters. The third kappa shape index (κ3) is 3.58. The van der Waals surface area contributed by atoms with Gasteiger partial charge in [0.15, 0.2) is 0 Å². The van der Waals surface area contributed by atoms with Crippen LogP contribution in [-0.2, 0) is 11.3 Å². The average molecular weight is 239 g/mol. The van der Waals surface area contributed by atoms with Crippen LogP contribution in [0.3, 0.4) is 0 Å². The molecule has 0 spiro atoms. The number of hydrogen-bond donors (Lipinski definition) is 1. The van der Waals surface area contributed by atoms with Gasteiger partial charge in [0, 0.05) is 5.54 Å². The van der Waals surface area contributed by atoms with E-state index < -0.39 is 0 Å². The van der Waals surface area contributed by atoms with E-state index in [9.17, 15) is 0 Å². The summed E-state index contributed by atoms with van der Waals surface area (Å²) in [5, 5.41) is 4.22. The zero-order valence-electron chi connectivity index (χ0n) is 9.78. The van der Waals surface area contributed by atoms with Crippen molar-refractivity contribution < 1.29 is 4.74 Å². The molecule has 0 radical (unpaired) electrons. The first-order chi connectivity index (χ1) is 7.79. The molecule has 2 rings (SSSR count). The number of ether oxygens (including phenoxy) is 1. The molecule has 1 aliphatic rings. The van der Waals surface area contributed by atoms with Crippen LogP contribution in [0.4, 0.5) is 0 Å². The van der Waals surface area contributed by atoms with Crippen molar-refractivity contribution in [1.29, 1.82) is 0 Å². The summed E-state index contributed by atoms with van der Waals surface area (Å²) in [5.41, 5.74) is 7.58. The monoisotopic (exact) mass is 239 g/mol. The van der Waals surface area contributed by atoms with Gasteiger partial charge in [0.05, 0.1) is 13.2 Å². The van der Waals surface area contributed by atoms with E-state index in [-0.39, 0.29) is 5.54 Å². The molecule has 1 aliphatic carbocycles. The molecule has 0 saturated heterocycles. The van der Waals surface area contributed by atoms with Crippen LogP contribution >= 0.6 is 11.3 Å². The maximum absolute atomic E-state index is 6.38. The lowest BCUT2D eigenvalue weighted by Gasteiger charge is -2.27. The van der Waals surface area contributed by atoms with E-state index in [0.717, 1.165) is 12.8 Å². The number of hydrogen-bond acceptors (Lipinski definition) is 3. The lowest BCUT2D eigenvalue weighted by atomic mass is 9.93. The Bertz CT molecular complexity index is 289. The Morgan fingerprint density at radius 3 is 2.62 bits per heavy atom. The Balaban J connectivity index is 1.75. The van der Waals surface area contributed by atoms with Gasteiger partial charge in [-0.05, 0) is 35.2 Å². The molecule has 90 valence electrons. The first-order valence-corrected chi connectivity index (χ1v) is 7.11. The standard InChI is InChI=1S/C13H21NOS/c14-13(6-3-1-2-4-7-13)11-15-9-12-5-8-16-10-12/h5,8,10H,1-4,6-7,9,11,14H2. The number of nitrogens with two attached hydrogens (primary N) is 1. The van der Waals surface area contributed by atoms with E-state index in [1.165, 1.54) is 31.2 Å². The Morgan fingerprint density at radius 1 is 1.25 bits per heavy atom. The summed E-state index contributed by atoms with van der Waals surface area (Å²) >= 11 is 1.72. The van der Waals surface area contributed by atoms with E-state index in [1.54, 1.807) is 11.3 Å². The zero-order chi connectivity index (χ0) is 11.3. The highest BCUT2D eigenvalue weighted by Crippen LogP contribution is 2.25. The molecule has 1 fully saturated rings.